The molecule has 1 rings (SSSR count). The van der Waals surface area contributed by atoms with Gasteiger partial charge in [0.05, 0.1) is 5.69 Å². The molecule has 0 radical (unpaired) electrons. The van der Waals surface area contributed by atoms with Crippen molar-refractivity contribution in [1.29, 1.82) is 0 Å². The lowest BCUT2D eigenvalue weighted by Crippen LogP contribution is -2.50. The molecule has 0 aromatic heterocycles. The number of hydrogen-bond donors (Lipinski definition) is 2. The molecule has 0 bridgehead atoms. The quantitative estimate of drug-likeness (QED) is 0.173. The smallest absolute Gasteiger partial charge is 0.0702 e. The minimum absolute atomic E-state index is 0.750. The molecule has 3 nitrogen and oxygen atoms in total. The van der Waals surface area contributed by atoms with Gasteiger partial charge in [-0.05, 0) is 30.9 Å². The van der Waals surface area contributed by atoms with Crippen LogP contribution in [0.15, 0.2) is 30.3 Å². The third-order valence-electron chi connectivity index (χ3n) is 5.90. The maximum atomic E-state index is 3.65. The Balaban J connectivity index is 2.23. The van der Waals surface area contributed by atoms with E-state index in [9.17, 15) is 0 Å². The van der Waals surface area contributed by atoms with E-state index in [1.54, 1.807) is 0 Å². The van der Waals surface area contributed by atoms with E-state index in [0.717, 1.165) is 19.0 Å². The van der Waals surface area contributed by atoms with Crippen LogP contribution in [0.1, 0.15) is 111 Å². The SMILES string of the molecule is CCCCCCCCCCCCNN(NCC(CC)CCCC)c1ccccc1. The molecule has 29 heavy (non-hydrogen) atoms. The Morgan fingerprint density at radius 3 is 1.86 bits per heavy atom. The number of benzene rings is 1. The number of anilines is 1. The Morgan fingerprint density at radius 2 is 1.28 bits per heavy atom. The average Bonchev–Trinajstić information content (AvgIpc) is 2.76. The van der Waals surface area contributed by atoms with Crippen molar-refractivity contribution in [2.75, 3.05) is 18.2 Å². The molecule has 0 aliphatic carbocycles. The molecule has 2 N–H and O–H groups in total. The molecule has 0 saturated heterocycles. The highest BCUT2D eigenvalue weighted by Crippen LogP contribution is 2.14. The first kappa shape index (κ1) is 26.0. The molecule has 0 spiro atoms. The maximum Gasteiger partial charge on any atom is 0.0702 e. The van der Waals surface area contributed by atoms with Gasteiger partial charge in [-0.15, -0.1) is 0 Å². The van der Waals surface area contributed by atoms with Crippen LogP contribution in [-0.4, -0.2) is 13.1 Å². The number of unbranched alkanes of at least 4 members (excludes halogenated alkanes) is 10. The number of nitrogens with one attached hydrogen (secondary N) is 2. The van der Waals surface area contributed by atoms with Gasteiger partial charge in [0.1, 0.15) is 0 Å². The summed E-state index contributed by atoms with van der Waals surface area (Å²) < 4.78 is 0. The van der Waals surface area contributed by atoms with Gasteiger partial charge in [-0.3, -0.25) is 0 Å². The molecule has 0 heterocycles. The normalized spacial score (nSPS) is 12.2. The van der Waals surface area contributed by atoms with Crippen LogP contribution in [0.25, 0.3) is 0 Å². The Morgan fingerprint density at radius 1 is 0.690 bits per heavy atom. The number of hydrazine groups is 2. The van der Waals surface area contributed by atoms with Crippen LogP contribution in [0, 0.1) is 5.92 Å². The summed E-state index contributed by atoms with van der Waals surface area (Å²) in [6, 6.07) is 10.7. The second-order valence-electron chi connectivity index (χ2n) is 8.54. The summed E-state index contributed by atoms with van der Waals surface area (Å²) in [5, 5.41) is 2.16. The van der Waals surface area contributed by atoms with Crippen LogP contribution >= 0.6 is 0 Å². The van der Waals surface area contributed by atoms with Gasteiger partial charge in [0.15, 0.2) is 0 Å². The number of rotatable bonds is 20. The van der Waals surface area contributed by atoms with Crippen LogP contribution in [0.2, 0.25) is 0 Å². The number of hydrogen-bond acceptors (Lipinski definition) is 3. The van der Waals surface area contributed by atoms with Crippen molar-refractivity contribution in [1.82, 2.24) is 10.9 Å². The molecule has 0 aliphatic heterocycles. The molecule has 168 valence electrons. The summed E-state index contributed by atoms with van der Waals surface area (Å²) in [5.41, 5.74) is 8.47. The lowest BCUT2D eigenvalue weighted by Gasteiger charge is -2.28. The first-order chi connectivity index (χ1) is 14.3. The number of para-hydroxylation sites is 1. The summed E-state index contributed by atoms with van der Waals surface area (Å²) in [6.07, 6.45) is 19.0. The van der Waals surface area contributed by atoms with Gasteiger partial charge in [-0.1, -0.05) is 116 Å². The average molecular weight is 404 g/mol. The summed E-state index contributed by atoms with van der Waals surface area (Å²) in [7, 11) is 0. The molecule has 1 aromatic carbocycles. The fourth-order valence-electron chi connectivity index (χ4n) is 3.78. The molecule has 1 aromatic rings. The predicted molar refractivity (Wildman–Crippen MR) is 130 cm³/mol. The van der Waals surface area contributed by atoms with E-state index in [1.165, 1.54) is 95.6 Å². The van der Waals surface area contributed by atoms with Crippen LogP contribution in [0.4, 0.5) is 5.69 Å². The lowest BCUT2D eigenvalue weighted by atomic mass is 10.00. The van der Waals surface area contributed by atoms with Gasteiger partial charge in [0.25, 0.3) is 0 Å². The van der Waals surface area contributed by atoms with E-state index in [4.69, 9.17) is 0 Å². The van der Waals surface area contributed by atoms with Crippen molar-refractivity contribution in [2.45, 2.75) is 111 Å². The van der Waals surface area contributed by atoms with Gasteiger partial charge in [0.2, 0.25) is 0 Å². The molecule has 1 atom stereocenters. The van der Waals surface area contributed by atoms with Crippen molar-refractivity contribution in [3.63, 3.8) is 0 Å². The Kier molecular flexibility index (Phi) is 17.0. The first-order valence-electron chi connectivity index (χ1n) is 12.6. The van der Waals surface area contributed by atoms with Gasteiger partial charge < -0.3 is 0 Å². The molecule has 0 amide bonds. The van der Waals surface area contributed by atoms with Gasteiger partial charge >= 0.3 is 0 Å². The van der Waals surface area contributed by atoms with E-state index >= 15 is 0 Å². The maximum absolute atomic E-state index is 3.65. The second kappa shape index (κ2) is 18.9. The topological polar surface area (TPSA) is 27.3 Å². The third-order valence-corrected chi connectivity index (χ3v) is 5.90. The minimum atomic E-state index is 0.750. The molecule has 3 heteroatoms. The summed E-state index contributed by atoms with van der Waals surface area (Å²) in [4.78, 5) is 0. The molecule has 0 aliphatic rings. The highest BCUT2D eigenvalue weighted by atomic mass is 15.7. The fraction of sp³-hybridized carbons (Fsp3) is 0.769. The van der Waals surface area contributed by atoms with Crippen molar-refractivity contribution in [3.8, 4) is 0 Å². The number of nitrogens with zero attached hydrogens (tertiary/aromatic N) is 1. The molecule has 0 fully saturated rings. The van der Waals surface area contributed by atoms with Crippen LogP contribution in [0.3, 0.4) is 0 Å². The summed E-state index contributed by atoms with van der Waals surface area (Å²) in [5.74, 6) is 0.750. The van der Waals surface area contributed by atoms with Gasteiger partial charge in [-0.2, -0.15) is 0 Å². The summed E-state index contributed by atoms with van der Waals surface area (Å²) in [6.45, 7) is 8.95. The van der Waals surface area contributed by atoms with Crippen molar-refractivity contribution >= 4 is 5.69 Å². The zero-order valence-corrected chi connectivity index (χ0v) is 19.7. The third kappa shape index (κ3) is 13.7. The van der Waals surface area contributed by atoms with Crippen LogP contribution < -0.4 is 16.0 Å². The molecule has 0 saturated carbocycles. The fourth-order valence-corrected chi connectivity index (χ4v) is 3.78. The van der Waals surface area contributed by atoms with Crippen LogP contribution in [-0.2, 0) is 0 Å². The molecular formula is C26H49N3. The van der Waals surface area contributed by atoms with E-state index in [0.29, 0.717) is 0 Å². The first-order valence-corrected chi connectivity index (χ1v) is 12.6. The van der Waals surface area contributed by atoms with E-state index in [-0.39, 0.29) is 0 Å². The van der Waals surface area contributed by atoms with Crippen molar-refractivity contribution < 1.29 is 0 Å². The monoisotopic (exact) mass is 403 g/mol. The highest BCUT2D eigenvalue weighted by molar-refractivity contribution is 5.43. The van der Waals surface area contributed by atoms with E-state index < -0.39 is 0 Å². The zero-order chi connectivity index (χ0) is 21.0. The standard InChI is InChI=1S/C26H49N3/c1-4-7-9-10-11-12-13-14-15-19-23-27-29(26-21-17-16-18-22-26)28-24-25(6-3)20-8-5-2/h16-18,21-22,25,27-28H,4-15,19-20,23-24H2,1-3H3. The molecular weight excluding hydrogens is 354 g/mol. The largest absolute Gasteiger partial charge is 0.242 e. The Labute approximate surface area is 182 Å². The van der Waals surface area contributed by atoms with Gasteiger partial charge in [0, 0.05) is 13.1 Å². The zero-order valence-electron chi connectivity index (χ0n) is 19.7. The van der Waals surface area contributed by atoms with E-state index in [2.05, 4.69) is 67.1 Å². The lowest BCUT2D eigenvalue weighted by molar-refractivity contribution is 0.392. The van der Waals surface area contributed by atoms with E-state index in [1.807, 2.05) is 0 Å². The van der Waals surface area contributed by atoms with Crippen molar-refractivity contribution in [2.24, 2.45) is 5.92 Å². The molecule has 1 unspecified atom stereocenters. The van der Waals surface area contributed by atoms with Gasteiger partial charge in [-0.25, -0.2) is 16.0 Å². The highest BCUT2D eigenvalue weighted by Gasteiger charge is 2.10. The van der Waals surface area contributed by atoms with Crippen LogP contribution in [0.5, 0.6) is 0 Å². The summed E-state index contributed by atoms with van der Waals surface area (Å²) >= 11 is 0. The second-order valence-corrected chi connectivity index (χ2v) is 8.54. The Bertz CT molecular complexity index is 449. The van der Waals surface area contributed by atoms with Crippen molar-refractivity contribution in [3.05, 3.63) is 30.3 Å². The predicted octanol–water partition coefficient (Wildman–Crippen LogP) is 7.64. The Hall–Kier alpha value is -1.06. The minimum Gasteiger partial charge on any atom is -0.242 e.